The summed E-state index contributed by atoms with van der Waals surface area (Å²) in [5, 5.41) is 21.5. The molecule has 0 fully saturated rings. The summed E-state index contributed by atoms with van der Waals surface area (Å²) in [5.74, 6) is 1.99. The van der Waals surface area contributed by atoms with Crippen molar-refractivity contribution < 1.29 is 10.0 Å². The lowest BCUT2D eigenvalue weighted by Crippen LogP contribution is -2.34. The first-order valence-electron chi connectivity index (χ1n) is 4.62. The lowest BCUT2D eigenvalue weighted by Gasteiger charge is -2.19. The van der Waals surface area contributed by atoms with E-state index in [1.165, 1.54) is 0 Å². The molecule has 0 atom stereocenters. The smallest absolute Gasteiger partial charge is 0.424 e. The fraction of sp³-hybridized carbons (Fsp3) is 0.111. The molecule has 5 heteroatoms. The molecule has 1 aliphatic heterocycles. The Kier molecular flexibility index (Phi) is 2.35. The average molecular weight is 187 g/mol. The van der Waals surface area contributed by atoms with Gasteiger partial charge in [0.15, 0.2) is 0 Å². The van der Waals surface area contributed by atoms with E-state index in [0.29, 0.717) is 5.46 Å². The first-order chi connectivity index (χ1) is 6.68. The van der Waals surface area contributed by atoms with Crippen LogP contribution in [0.25, 0.3) is 6.08 Å². The van der Waals surface area contributed by atoms with Gasteiger partial charge in [-0.3, -0.25) is 0 Å². The van der Waals surface area contributed by atoms with Crippen LogP contribution in [0.3, 0.4) is 0 Å². The van der Waals surface area contributed by atoms with Gasteiger partial charge in [-0.1, -0.05) is 31.0 Å². The van der Waals surface area contributed by atoms with Gasteiger partial charge in [-0.05, 0) is 17.1 Å². The molecule has 3 nitrogen and oxygen atoms in total. The molecule has 0 spiro atoms. The van der Waals surface area contributed by atoms with Gasteiger partial charge < -0.3 is 15.3 Å². The number of nitrogens with one attached hydrogen (secondary N) is 1. The van der Waals surface area contributed by atoms with Crippen molar-refractivity contribution in [2.45, 2.75) is 6.82 Å². The largest absolute Gasteiger partial charge is 0.489 e. The molecular weight excluding hydrogens is 176 g/mol. The van der Waals surface area contributed by atoms with Crippen LogP contribution in [0.15, 0.2) is 24.2 Å². The Balaban J connectivity index is 2.50. The Morgan fingerprint density at radius 1 is 1.36 bits per heavy atom. The maximum absolute atomic E-state index is 9.14. The molecular formula is C9H11B2NO2. The molecule has 1 aliphatic rings. The number of anilines is 1. The molecule has 70 valence electrons. The van der Waals surface area contributed by atoms with Crippen LogP contribution < -0.4 is 10.7 Å². The third kappa shape index (κ3) is 1.56. The van der Waals surface area contributed by atoms with E-state index in [-0.39, 0.29) is 6.85 Å². The Morgan fingerprint density at radius 2 is 2.14 bits per heavy atom. The predicted octanol–water partition coefficient (Wildman–Crippen LogP) is -0.0344. The summed E-state index contributed by atoms with van der Waals surface area (Å²) in [7, 11) is -1.41. The van der Waals surface area contributed by atoms with E-state index in [9.17, 15) is 0 Å². The standard InChI is InChI=1S/C9H11B2NO2/c1-10-6-5-7-8(11(13)14)3-2-4-9(7)12-10/h2-6,12-14H,1H3. The molecule has 0 amide bonds. The first-order valence-corrected chi connectivity index (χ1v) is 4.62. The zero-order valence-corrected chi connectivity index (χ0v) is 7.94. The van der Waals surface area contributed by atoms with Crippen LogP contribution in [0.1, 0.15) is 5.56 Å². The lowest BCUT2D eigenvalue weighted by molar-refractivity contribution is 0.425. The van der Waals surface area contributed by atoms with Gasteiger partial charge in [0.25, 0.3) is 6.85 Å². The summed E-state index contributed by atoms with van der Waals surface area (Å²) in [6.07, 6.45) is 1.92. The zero-order chi connectivity index (χ0) is 10.1. The van der Waals surface area contributed by atoms with Gasteiger partial charge >= 0.3 is 7.12 Å². The zero-order valence-electron chi connectivity index (χ0n) is 7.94. The summed E-state index contributed by atoms with van der Waals surface area (Å²) in [6.45, 7) is 2.33. The maximum Gasteiger partial charge on any atom is 0.489 e. The van der Waals surface area contributed by atoms with Gasteiger partial charge in [-0.25, -0.2) is 0 Å². The highest BCUT2D eigenvalue weighted by Gasteiger charge is 2.20. The van der Waals surface area contributed by atoms with E-state index in [0.717, 1.165) is 11.3 Å². The fourth-order valence-electron chi connectivity index (χ4n) is 1.65. The highest BCUT2D eigenvalue weighted by atomic mass is 16.4. The van der Waals surface area contributed by atoms with Crippen molar-refractivity contribution in [1.82, 2.24) is 0 Å². The van der Waals surface area contributed by atoms with Crippen LogP contribution in [-0.2, 0) is 0 Å². The molecule has 0 aromatic heterocycles. The minimum Gasteiger partial charge on any atom is -0.424 e. The molecule has 0 radical (unpaired) electrons. The Hall–Kier alpha value is -1.19. The highest BCUT2D eigenvalue weighted by Crippen LogP contribution is 2.19. The number of hydrogen-bond donors (Lipinski definition) is 3. The Labute approximate surface area is 83.7 Å². The van der Waals surface area contributed by atoms with Gasteiger partial charge in [0.1, 0.15) is 0 Å². The van der Waals surface area contributed by atoms with Crippen LogP contribution in [0.5, 0.6) is 0 Å². The molecule has 3 N–H and O–H groups in total. The number of fused-ring (bicyclic) bond motifs is 1. The third-order valence-electron chi connectivity index (χ3n) is 2.35. The summed E-state index contributed by atoms with van der Waals surface area (Å²) >= 11 is 0. The van der Waals surface area contributed by atoms with Crippen LogP contribution in [0, 0.1) is 0 Å². The topological polar surface area (TPSA) is 52.5 Å². The van der Waals surface area contributed by atoms with Crippen molar-refractivity contribution in [1.29, 1.82) is 0 Å². The molecule has 0 bridgehead atoms. The van der Waals surface area contributed by atoms with Gasteiger partial charge in [-0.2, -0.15) is 0 Å². The van der Waals surface area contributed by atoms with Gasteiger partial charge in [0.2, 0.25) is 0 Å². The van der Waals surface area contributed by atoms with Crippen molar-refractivity contribution >= 4 is 31.2 Å². The van der Waals surface area contributed by atoms with Crippen molar-refractivity contribution in [3.8, 4) is 0 Å². The Bertz CT molecular complexity index is 379. The van der Waals surface area contributed by atoms with Crippen LogP contribution in [-0.4, -0.2) is 24.0 Å². The summed E-state index contributed by atoms with van der Waals surface area (Å²) < 4.78 is 0. The SMILES string of the molecule is CB1C=Cc2c(cccc2B(O)O)N1. The summed E-state index contributed by atoms with van der Waals surface area (Å²) in [4.78, 5) is 0. The van der Waals surface area contributed by atoms with E-state index >= 15 is 0 Å². The van der Waals surface area contributed by atoms with Gasteiger partial charge in [0, 0.05) is 5.69 Å². The summed E-state index contributed by atoms with van der Waals surface area (Å²) in [5.41, 5.74) is 2.35. The Morgan fingerprint density at radius 3 is 2.86 bits per heavy atom. The lowest BCUT2D eigenvalue weighted by atomic mass is 9.61. The third-order valence-corrected chi connectivity index (χ3v) is 2.35. The first kappa shape index (κ1) is 9.37. The number of hydrogen-bond acceptors (Lipinski definition) is 3. The molecule has 1 aromatic carbocycles. The van der Waals surface area contributed by atoms with Crippen molar-refractivity contribution in [2.24, 2.45) is 0 Å². The van der Waals surface area contributed by atoms with Crippen LogP contribution in [0.4, 0.5) is 5.69 Å². The molecule has 0 aliphatic carbocycles. The monoisotopic (exact) mass is 187 g/mol. The second-order valence-electron chi connectivity index (χ2n) is 3.47. The normalized spacial score (nSPS) is 13.5. The summed E-state index contributed by atoms with van der Waals surface area (Å²) in [6, 6.07) is 5.46. The average Bonchev–Trinajstić information content (AvgIpc) is 2.16. The quantitative estimate of drug-likeness (QED) is 0.540. The van der Waals surface area contributed by atoms with E-state index in [1.54, 1.807) is 6.07 Å². The van der Waals surface area contributed by atoms with Crippen LogP contribution >= 0.6 is 0 Å². The van der Waals surface area contributed by atoms with Gasteiger partial charge in [0.05, 0.1) is 0 Å². The number of benzene rings is 1. The molecule has 1 heterocycles. The highest BCUT2D eigenvalue weighted by molar-refractivity contribution is 6.68. The predicted molar refractivity (Wildman–Crippen MR) is 60.5 cm³/mol. The second kappa shape index (κ2) is 3.52. The molecule has 0 saturated heterocycles. The minimum atomic E-state index is -1.41. The number of rotatable bonds is 1. The molecule has 0 unspecified atom stereocenters. The van der Waals surface area contributed by atoms with E-state index in [2.05, 4.69) is 5.23 Å². The fourth-order valence-corrected chi connectivity index (χ4v) is 1.65. The van der Waals surface area contributed by atoms with Crippen molar-refractivity contribution in [3.05, 3.63) is 29.7 Å². The maximum atomic E-state index is 9.14. The second-order valence-corrected chi connectivity index (χ2v) is 3.47. The van der Waals surface area contributed by atoms with E-state index < -0.39 is 7.12 Å². The molecule has 0 saturated carbocycles. The molecule has 1 aromatic rings. The van der Waals surface area contributed by atoms with Crippen molar-refractivity contribution in [2.75, 3.05) is 5.23 Å². The van der Waals surface area contributed by atoms with Gasteiger partial charge in [-0.15, -0.1) is 0 Å². The van der Waals surface area contributed by atoms with E-state index in [1.807, 2.05) is 31.0 Å². The van der Waals surface area contributed by atoms with Crippen LogP contribution in [0.2, 0.25) is 6.82 Å². The molecule has 14 heavy (non-hydrogen) atoms. The molecule has 2 rings (SSSR count). The minimum absolute atomic E-state index is 0.286. The van der Waals surface area contributed by atoms with E-state index in [4.69, 9.17) is 10.0 Å². The van der Waals surface area contributed by atoms with Crippen molar-refractivity contribution in [3.63, 3.8) is 0 Å².